The smallest absolute Gasteiger partial charge is 0.203 e. The third-order valence-electron chi connectivity index (χ3n) is 3.80. The number of aryl methyl sites for hydroxylation is 4. The average molecular weight is 295 g/mol. The van der Waals surface area contributed by atoms with E-state index in [-0.39, 0.29) is 0 Å². The highest BCUT2D eigenvalue weighted by Gasteiger charge is 2.09. The molecule has 0 spiro atoms. The van der Waals surface area contributed by atoms with Gasteiger partial charge in [0, 0.05) is 19.8 Å². The molecule has 0 fully saturated rings. The zero-order chi connectivity index (χ0) is 16.3. The van der Waals surface area contributed by atoms with Crippen molar-refractivity contribution >= 4 is 17.3 Å². The standard InChI is InChI=1S/C19H25N3/c1-13-9-7-10-14(2)17(13)20-19(22(5)6)21-18-15(3)11-8-12-16(18)4/h7-12H,1-6H3,(H,20,21). The molecule has 22 heavy (non-hydrogen) atoms. The normalized spacial score (nSPS) is 11.5. The number of hydrogen-bond donors (Lipinski definition) is 1. The van der Waals surface area contributed by atoms with E-state index in [0.29, 0.717) is 0 Å². The van der Waals surface area contributed by atoms with Crippen LogP contribution < -0.4 is 5.32 Å². The van der Waals surface area contributed by atoms with Crippen LogP contribution in [0.5, 0.6) is 0 Å². The second kappa shape index (κ2) is 6.65. The summed E-state index contributed by atoms with van der Waals surface area (Å²) in [5, 5.41) is 3.49. The van der Waals surface area contributed by atoms with Crippen LogP contribution in [-0.2, 0) is 0 Å². The first-order chi connectivity index (χ1) is 10.4. The van der Waals surface area contributed by atoms with Crippen LogP contribution in [0.15, 0.2) is 41.4 Å². The minimum Gasteiger partial charge on any atom is -0.349 e. The number of benzene rings is 2. The fourth-order valence-electron chi connectivity index (χ4n) is 2.45. The summed E-state index contributed by atoms with van der Waals surface area (Å²) in [4.78, 5) is 6.88. The van der Waals surface area contributed by atoms with Gasteiger partial charge in [-0.25, -0.2) is 4.99 Å². The van der Waals surface area contributed by atoms with Gasteiger partial charge in [-0.05, 0) is 49.9 Å². The van der Waals surface area contributed by atoms with Crippen LogP contribution in [-0.4, -0.2) is 25.0 Å². The minimum atomic E-state index is 0.842. The molecule has 2 aromatic rings. The molecule has 2 aromatic carbocycles. The van der Waals surface area contributed by atoms with Gasteiger partial charge in [0.2, 0.25) is 5.96 Å². The monoisotopic (exact) mass is 295 g/mol. The van der Waals surface area contributed by atoms with Gasteiger partial charge in [-0.3, -0.25) is 0 Å². The summed E-state index contributed by atoms with van der Waals surface area (Å²) in [6.45, 7) is 8.42. The third kappa shape index (κ3) is 3.48. The van der Waals surface area contributed by atoms with Crippen molar-refractivity contribution < 1.29 is 0 Å². The van der Waals surface area contributed by atoms with E-state index in [1.807, 2.05) is 19.0 Å². The van der Waals surface area contributed by atoms with Crippen molar-refractivity contribution in [2.24, 2.45) is 4.99 Å². The summed E-state index contributed by atoms with van der Waals surface area (Å²) in [6, 6.07) is 12.6. The molecule has 3 heteroatoms. The molecular formula is C19H25N3. The highest BCUT2D eigenvalue weighted by molar-refractivity contribution is 5.96. The Kier molecular flexibility index (Phi) is 4.86. The van der Waals surface area contributed by atoms with E-state index in [4.69, 9.17) is 4.99 Å². The van der Waals surface area contributed by atoms with Crippen molar-refractivity contribution in [1.29, 1.82) is 0 Å². The van der Waals surface area contributed by atoms with Gasteiger partial charge >= 0.3 is 0 Å². The number of aliphatic imine (C=N–C) groups is 1. The van der Waals surface area contributed by atoms with Crippen molar-refractivity contribution in [3.63, 3.8) is 0 Å². The predicted molar refractivity (Wildman–Crippen MR) is 96.2 cm³/mol. The van der Waals surface area contributed by atoms with Gasteiger partial charge in [-0.15, -0.1) is 0 Å². The summed E-state index contributed by atoms with van der Waals surface area (Å²) in [5.41, 5.74) is 6.96. The highest BCUT2D eigenvalue weighted by atomic mass is 15.3. The SMILES string of the molecule is Cc1cccc(C)c1N=C(Nc1c(C)cccc1C)N(C)C. The maximum atomic E-state index is 4.87. The third-order valence-corrected chi connectivity index (χ3v) is 3.80. The molecule has 0 unspecified atom stereocenters. The lowest BCUT2D eigenvalue weighted by molar-refractivity contribution is 0.620. The lowest BCUT2D eigenvalue weighted by Gasteiger charge is -2.21. The molecular weight excluding hydrogens is 270 g/mol. The lowest BCUT2D eigenvalue weighted by Crippen LogP contribution is -2.30. The van der Waals surface area contributed by atoms with Crippen LogP contribution in [0.4, 0.5) is 11.4 Å². The van der Waals surface area contributed by atoms with Crippen molar-refractivity contribution in [3.8, 4) is 0 Å². The Morgan fingerprint density at radius 1 is 0.818 bits per heavy atom. The molecule has 0 aromatic heterocycles. The van der Waals surface area contributed by atoms with E-state index >= 15 is 0 Å². The Balaban J connectivity index is 2.46. The molecule has 0 aliphatic heterocycles. The summed E-state index contributed by atoms with van der Waals surface area (Å²) in [6.07, 6.45) is 0. The predicted octanol–water partition coefficient (Wildman–Crippen LogP) is 4.58. The van der Waals surface area contributed by atoms with Crippen molar-refractivity contribution in [2.45, 2.75) is 27.7 Å². The number of hydrogen-bond acceptors (Lipinski definition) is 1. The number of anilines is 1. The van der Waals surface area contributed by atoms with Gasteiger partial charge in [0.1, 0.15) is 0 Å². The van der Waals surface area contributed by atoms with Crippen LogP contribution in [0.1, 0.15) is 22.3 Å². The molecule has 0 atom stereocenters. The molecule has 3 nitrogen and oxygen atoms in total. The molecule has 2 rings (SSSR count). The van der Waals surface area contributed by atoms with E-state index in [0.717, 1.165) is 17.3 Å². The fraction of sp³-hybridized carbons (Fsp3) is 0.316. The number of guanidine groups is 1. The number of nitrogens with zero attached hydrogens (tertiary/aromatic N) is 2. The van der Waals surface area contributed by atoms with Crippen molar-refractivity contribution in [3.05, 3.63) is 58.7 Å². The second-order valence-electron chi connectivity index (χ2n) is 5.96. The van der Waals surface area contributed by atoms with Gasteiger partial charge < -0.3 is 10.2 Å². The maximum Gasteiger partial charge on any atom is 0.203 e. The molecule has 0 aliphatic carbocycles. The topological polar surface area (TPSA) is 27.6 Å². The first-order valence-electron chi connectivity index (χ1n) is 7.55. The Hall–Kier alpha value is -2.29. The molecule has 0 bridgehead atoms. The van der Waals surface area contributed by atoms with Crippen LogP contribution in [0.2, 0.25) is 0 Å². The van der Waals surface area contributed by atoms with Gasteiger partial charge in [0.05, 0.1) is 5.69 Å². The van der Waals surface area contributed by atoms with Gasteiger partial charge in [-0.2, -0.15) is 0 Å². The molecule has 116 valence electrons. The van der Waals surface area contributed by atoms with Crippen LogP contribution >= 0.6 is 0 Å². The fourth-order valence-corrected chi connectivity index (χ4v) is 2.45. The minimum absolute atomic E-state index is 0.842. The molecule has 1 N–H and O–H groups in total. The van der Waals surface area contributed by atoms with E-state index in [1.54, 1.807) is 0 Å². The quantitative estimate of drug-likeness (QED) is 0.648. The number of rotatable bonds is 2. The molecule has 0 aliphatic rings. The zero-order valence-corrected chi connectivity index (χ0v) is 14.4. The van der Waals surface area contributed by atoms with Crippen LogP contribution in [0.25, 0.3) is 0 Å². The van der Waals surface area contributed by atoms with E-state index in [2.05, 4.69) is 69.4 Å². The second-order valence-corrected chi connectivity index (χ2v) is 5.96. The van der Waals surface area contributed by atoms with Crippen LogP contribution in [0.3, 0.4) is 0 Å². The van der Waals surface area contributed by atoms with E-state index in [9.17, 15) is 0 Å². The molecule has 0 radical (unpaired) electrons. The van der Waals surface area contributed by atoms with Gasteiger partial charge in [0.25, 0.3) is 0 Å². The van der Waals surface area contributed by atoms with Crippen molar-refractivity contribution in [2.75, 3.05) is 19.4 Å². The Morgan fingerprint density at radius 3 is 1.73 bits per heavy atom. The summed E-state index contributed by atoms with van der Waals surface area (Å²) < 4.78 is 0. The number of nitrogens with one attached hydrogen (secondary N) is 1. The zero-order valence-electron chi connectivity index (χ0n) is 14.4. The van der Waals surface area contributed by atoms with E-state index in [1.165, 1.54) is 22.3 Å². The maximum absolute atomic E-state index is 4.87. The summed E-state index contributed by atoms with van der Waals surface area (Å²) in [7, 11) is 4.01. The highest BCUT2D eigenvalue weighted by Crippen LogP contribution is 2.25. The molecule has 0 saturated carbocycles. The van der Waals surface area contributed by atoms with Gasteiger partial charge in [0.15, 0.2) is 0 Å². The molecule has 0 heterocycles. The first-order valence-corrected chi connectivity index (χ1v) is 7.55. The first kappa shape index (κ1) is 16.1. The van der Waals surface area contributed by atoms with Gasteiger partial charge in [-0.1, -0.05) is 36.4 Å². The Morgan fingerprint density at radius 2 is 1.27 bits per heavy atom. The largest absolute Gasteiger partial charge is 0.349 e. The molecule has 0 amide bonds. The Labute approximate surface area is 133 Å². The summed E-state index contributed by atoms with van der Waals surface area (Å²) >= 11 is 0. The van der Waals surface area contributed by atoms with Crippen LogP contribution in [0, 0.1) is 27.7 Å². The van der Waals surface area contributed by atoms with E-state index < -0.39 is 0 Å². The average Bonchev–Trinajstić information content (AvgIpc) is 2.44. The Bertz CT molecular complexity index is 659. The summed E-state index contributed by atoms with van der Waals surface area (Å²) in [5.74, 6) is 0.842. The lowest BCUT2D eigenvalue weighted by atomic mass is 10.1. The number of para-hydroxylation sites is 2. The van der Waals surface area contributed by atoms with Crippen molar-refractivity contribution in [1.82, 2.24) is 4.90 Å². The molecule has 0 saturated heterocycles.